The molecule has 1 unspecified atom stereocenters. The van der Waals surface area contributed by atoms with Crippen LogP contribution in [0.2, 0.25) is 5.02 Å². The molecule has 0 aliphatic rings. The zero-order valence-corrected chi connectivity index (χ0v) is 12.1. The summed E-state index contributed by atoms with van der Waals surface area (Å²) in [4.78, 5) is 11.5. The molecule has 5 heteroatoms. The number of rotatable bonds is 7. The number of hydrogen-bond acceptors (Lipinski definition) is 3. The van der Waals surface area contributed by atoms with E-state index in [9.17, 15) is 9.90 Å². The van der Waals surface area contributed by atoms with Gasteiger partial charge in [-0.05, 0) is 19.4 Å². The van der Waals surface area contributed by atoms with E-state index in [0.29, 0.717) is 24.5 Å². The molecule has 0 saturated heterocycles. The summed E-state index contributed by atoms with van der Waals surface area (Å²) in [5, 5.41) is 16.1. The van der Waals surface area contributed by atoms with Crippen molar-refractivity contribution in [1.82, 2.24) is 10.6 Å². The Bertz CT molecular complexity index is 424. The van der Waals surface area contributed by atoms with E-state index in [2.05, 4.69) is 10.6 Å². The first-order valence-electron chi connectivity index (χ1n) is 6.51. The average molecular weight is 285 g/mol. The van der Waals surface area contributed by atoms with Crippen molar-refractivity contribution in [3.8, 4) is 5.75 Å². The highest BCUT2D eigenvalue weighted by Gasteiger charge is 2.06. The van der Waals surface area contributed by atoms with Crippen LogP contribution in [0, 0.1) is 0 Å². The largest absolute Gasteiger partial charge is 0.506 e. The highest BCUT2D eigenvalue weighted by atomic mass is 35.5. The molecule has 106 valence electrons. The van der Waals surface area contributed by atoms with Gasteiger partial charge in [0, 0.05) is 31.1 Å². The van der Waals surface area contributed by atoms with Crippen LogP contribution in [0.3, 0.4) is 0 Å². The van der Waals surface area contributed by atoms with Gasteiger partial charge in [-0.25, -0.2) is 0 Å². The Morgan fingerprint density at radius 2 is 2.21 bits per heavy atom. The van der Waals surface area contributed by atoms with Gasteiger partial charge in [-0.3, -0.25) is 4.79 Å². The number of nitrogens with one attached hydrogen (secondary N) is 2. The molecule has 1 aromatic carbocycles. The first kappa shape index (κ1) is 15.8. The molecule has 0 spiro atoms. The summed E-state index contributed by atoms with van der Waals surface area (Å²) >= 11 is 5.81. The second kappa shape index (κ2) is 8.02. The van der Waals surface area contributed by atoms with Crippen LogP contribution < -0.4 is 10.6 Å². The smallest absolute Gasteiger partial charge is 0.221 e. The molecule has 0 fully saturated rings. The van der Waals surface area contributed by atoms with Crippen molar-refractivity contribution >= 4 is 17.5 Å². The number of phenols is 1. The predicted molar refractivity (Wildman–Crippen MR) is 77.3 cm³/mol. The first-order valence-corrected chi connectivity index (χ1v) is 6.88. The van der Waals surface area contributed by atoms with Crippen molar-refractivity contribution in [2.75, 3.05) is 6.54 Å². The van der Waals surface area contributed by atoms with Gasteiger partial charge in [-0.15, -0.1) is 0 Å². The molecule has 4 nitrogen and oxygen atoms in total. The van der Waals surface area contributed by atoms with Gasteiger partial charge in [0.2, 0.25) is 5.91 Å². The van der Waals surface area contributed by atoms with E-state index < -0.39 is 0 Å². The third-order valence-electron chi connectivity index (χ3n) is 2.93. The zero-order chi connectivity index (χ0) is 14.3. The van der Waals surface area contributed by atoms with Gasteiger partial charge in [0.15, 0.2) is 0 Å². The Hall–Kier alpha value is -1.26. The van der Waals surface area contributed by atoms with Gasteiger partial charge < -0.3 is 15.7 Å². The van der Waals surface area contributed by atoms with Crippen molar-refractivity contribution in [3.63, 3.8) is 0 Å². The van der Waals surface area contributed by atoms with Gasteiger partial charge in [0.25, 0.3) is 0 Å². The second-order valence-corrected chi connectivity index (χ2v) is 4.96. The molecule has 0 aliphatic carbocycles. The molecule has 1 aromatic rings. The van der Waals surface area contributed by atoms with Crippen molar-refractivity contribution in [3.05, 3.63) is 28.8 Å². The molecule has 0 aromatic heterocycles. The fraction of sp³-hybridized carbons (Fsp3) is 0.500. The second-order valence-electron chi connectivity index (χ2n) is 4.55. The minimum atomic E-state index is 0.0390. The quantitative estimate of drug-likeness (QED) is 0.674. The number of aromatic hydroxyl groups is 1. The minimum Gasteiger partial charge on any atom is -0.506 e. The number of hydrogen-bond donors (Lipinski definition) is 3. The van der Waals surface area contributed by atoms with Crippen molar-refractivity contribution in [1.29, 1.82) is 0 Å². The maximum atomic E-state index is 11.5. The van der Waals surface area contributed by atoms with Crippen LogP contribution in [0.5, 0.6) is 5.75 Å². The number of amides is 1. The van der Waals surface area contributed by atoms with Gasteiger partial charge in [0.1, 0.15) is 5.75 Å². The summed E-state index contributed by atoms with van der Waals surface area (Å²) in [6.07, 6.45) is 1.35. The normalized spacial score (nSPS) is 12.2. The van der Waals surface area contributed by atoms with Crippen molar-refractivity contribution in [2.24, 2.45) is 0 Å². The minimum absolute atomic E-state index is 0.0390. The van der Waals surface area contributed by atoms with Gasteiger partial charge in [0.05, 0.1) is 5.02 Å². The van der Waals surface area contributed by atoms with Gasteiger partial charge in [-0.2, -0.15) is 0 Å². The SMILES string of the molecule is CCC(C)NC(=O)CCNCc1cccc(Cl)c1O. The maximum Gasteiger partial charge on any atom is 0.221 e. The monoisotopic (exact) mass is 284 g/mol. The molecule has 1 atom stereocenters. The van der Waals surface area contributed by atoms with Crippen LogP contribution >= 0.6 is 11.6 Å². The van der Waals surface area contributed by atoms with E-state index in [-0.39, 0.29) is 17.7 Å². The Morgan fingerprint density at radius 3 is 2.89 bits per heavy atom. The lowest BCUT2D eigenvalue weighted by atomic mass is 10.2. The summed E-state index contributed by atoms with van der Waals surface area (Å²) in [5.41, 5.74) is 0.731. The lowest BCUT2D eigenvalue weighted by Gasteiger charge is -2.12. The lowest BCUT2D eigenvalue weighted by Crippen LogP contribution is -2.33. The number of carbonyl (C=O) groups is 1. The number of halogens is 1. The van der Waals surface area contributed by atoms with E-state index in [1.54, 1.807) is 18.2 Å². The molecule has 3 N–H and O–H groups in total. The van der Waals surface area contributed by atoms with Gasteiger partial charge in [-0.1, -0.05) is 30.7 Å². The van der Waals surface area contributed by atoms with Crippen LogP contribution in [0.15, 0.2) is 18.2 Å². The molecule has 1 amide bonds. The molecule has 19 heavy (non-hydrogen) atoms. The molecule has 0 aliphatic heterocycles. The van der Waals surface area contributed by atoms with E-state index in [4.69, 9.17) is 11.6 Å². The number of carbonyl (C=O) groups excluding carboxylic acids is 1. The summed E-state index contributed by atoms with van der Waals surface area (Å²) in [6, 6.07) is 5.44. The molecule has 0 saturated carbocycles. The van der Waals surface area contributed by atoms with E-state index in [1.807, 2.05) is 13.8 Å². The van der Waals surface area contributed by atoms with Crippen LogP contribution in [0.1, 0.15) is 32.3 Å². The molecule has 0 bridgehead atoms. The Balaban J connectivity index is 2.27. The predicted octanol–water partition coefficient (Wildman–Crippen LogP) is 2.44. The topological polar surface area (TPSA) is 61.4 Å². The summed E-state index contributed by atoms with van der Waals surface area (Å²) in [5.74, 6) is 0.137. The molecule has 0 heterocycles. The van der Waals surface area contributed by atoms with Crippen molar-refractivity contribution in [2.45, 2.75) is 39.3 Å². The number of para-hydroxylation sites is 1. The van der Waals surface area contributed by atoms with Crippen LogP contribution in [0.4, 0.5) is 0 Å². The Kier molecular flexibility index (Phi) is 6.67. The van der Waals surface area contributed by atoms with Crippen LogP contribution in [0.25, 0.3) is 0 Å². The molecular weight excluding hydrogens is 264 g/mol. The Labute approximate surface area is 119 Å². The number of benzene rings is 1. The fourth-order valence-electron chi connectivity index (χ4n) is 1.58. The summed E-state index contributed by atoms with van der Waals surface area (Å²) < 4.78 is 0. The molecule has 1 rings (SSSR count). The summed E-state index contributed by atoms with van der Waals surface area (Å²) in [7, 11) is 0. The van der Waals surface area contributed by atoms with Gasteiger partial charge >= 0.3 is 0 Å². The highest BCUT2D eigenvalue weighted by molar-refractivity contribution is 6.32. The fourth-order valence-corrected chi connectivity index (χ4v) is 1.77. The van der Waals surface area contributed by atoms with E-state index in [0.717, 1.165) is 12.0 Å². The molecular formula is C14H21ClN2O2. The zero-order valence-electron chi connectivity index (χ0n) is 11.4. The van der Waals surface area contributed by atoms with E-state index in [1.165, 1.54) is 0 Å². The highest BCUT2D eigenvalue weighted by Crippen LogP contribution is 2.26. The Morgan fingerprint density at radius 1 is 1.47 bits per heavy atom. The maximum absolute atomic E-state index is 11.5. The third-order valence-corrected chi connectivity index (χ3v) is 3.24. The number of phenolic OH excluding ortho intramolecular Hbond substituents is 1. The van der Waals surface area contributed by atoms with E-state index >= 15 is 0 Å². The van der Waals surface area contributed by atoms with Crippen molar-refractivity contribution < 1.29 is 9.90 Å². The average Bonchev–Trinajstić information content (AvgIpc) is 2.39. The first-order chi connectivity index (χ1) is 9.04. The van der Waals surface area contributed by atoms with Crippen LogP contribution in [-0.2, 0) is 11.3 Å². The third kappa shape index (κ3) is 5.49. The van der Waals surface area contributed by atoms with Crippen LogP contribution in [-0.4, -0.2) is 23.6 Å². The molecule has 0 radical (unpaired) electrons. The lowest BCUT2D eigenvalue weighted by molar-refractivity contribution is -0.121. The standard InChI is InChI=1S/C14H21ClN2O2/c1-3-10(2)17-13(18)7-8-16-9-11-5-4-6-12(15)14(11)19/h4-6,10,16,19H,3,7-9H2,1-2H3,(H,17,18). The summed E-state index contributed by atoms with van der Waals surface area (Å²) in [6.45, 7) is 5.07.